The van der Waals surface area contributed by atoms with Gasteiger partial charge in [0, 0.05) is 24.2 Å². The highest BCUT2D eigenvalue weighted by Gasteiger charge is 2.11. The summed E-state index contributed by atoms with van der Waals surface area (Å²) in [5, 5.41) is 2.90. The van der Waals surface area contributed by atoms with Gasteiger partial charge in [0.15, 0.2) is 0 Å². The van der Waals surface area contributed by atoms with Crippen LogP contribution in [0.3, 0.4) is 0 Å². The van der Waals surface area contributed by atoms with Crippen LogP contribution in [0.1, 0.15) is 23.2 Å². The van der Waals surface area contributed by atoms with Gasteiger partial charge in [0.05, 0.1) is 12.2 Å². The van der Waals surface area contributed by atoms with Crippen LogP contribution in [-0.2, 0) is 9.53 Å². The summed E-state index contributed by atoms with van der Waals surface area (Å²) < 4.78 is 5.00. The lowest BCUT2D eigenvalue weighted by molar-refractivity contribution is -0.120. The highest BCUT2D eigenvalue weighted by molar-refractivity contribution is 6.31. The van der Waals surface area contributed by atoms with E-state index in [0.717, 1.165) is 0 Å². The van der Waals surface area contributed by atoms with E-state index in [1.807, 2.05) is 0 Å². The van der Waals surface area contributed by atoms with Crippen molar-refractivity contribution in [1.29, 1.82) is 0 Å². The molecule has 0 atom stereocenters. The molecule has 0 radical (unpaired) electrons. The van der Waals surface area contributed by atoms with E-state index in [9.17, 15) is 9.59 Å². The Balaban J connectivity index is 2.46. The van der Waals surface area contributed by atoms with Crippen LogP contribution in [0.25, 0.3) is 0 Å². The molecule has 0 aliphatic heterocycles. The number of hydrogen-bond donors (Lipinski definition) is 2. The van der Waals surface area contributed by atoms with Crippen molar-refractivity contribution in [3.05, 3.63) is 28.8 Å². The van der Waals surface area contributed by atoms with Crippen LogP contribution in [0.15, 0.2) is 18.2 Å². The predicted octanol–water partition coefficient (Wildman–Crippen LogP) is 1.61. The van der Waals surface area contributed by atoms with Crippen molar-refractivity contribution in [2.24, 2.45) is 0 Å². The van der Waals surface area contributed by atoms with Gasteiger partial charge in [0.2, 0.25) is 5.91 Å². The molecule has 1 aromatic rings. The van der Waals surface area contributed by atoms with Crippen LogP contribution in [-0.4, -0.2) is 25.5 Å². The Hall–Kier alpha value is -1.75. The Kier molecular flexibility index (Phi) is 5.45. The lowest BCUT2D eigenvalue weighted by Crippen LogP contribution is -2.18. The Labute approximate surface area is 110 Å². The number of nitrogen functional groups attached to an aromatic ring is 1. The molecule has 0 bridgehead atoms. The SMILES string of the molecule is CNC(=O)CCCOC(=O)c1cc(Cl)ccc1N. The van der Waals surface area contributed by atoms with Crippen molar-refractivity contribution in [2.45, 2.75) is 12.8 Å². The molecular weight excluding hydrogens is 256 g/mol. The molecule has 0 saturated carbocycles. The molecule has 0 unspecified atom stereocenters. The summed E-state index contributed by atoms with van der Waals surface area (Å²) in [7, 11) is 1.56. The van der Waals surface area contributed by atoms with Crippen LogP contribution >= 0.6 is 11.6 Å². The number of carbonyl (C=O) groups is 2. The number of anilines is 1. The van der Waals surface area contributed by atoms with Gasteiger partial charge >= 0.3 is 5.97 Å². The molecule has 0 spiro atoms. The molecule has 0 heterocycles. The van der Waals surface area contributed by atoms with Gasteiger partial charge in [-0.15, -0.1) is 0 Å². The summed E-state index contributed by atoms with van der Waals surface area (Å²) in [6.07, 6.45) is 0.778. The van der Waals surface area contributed by atoms with Gasteiger partial charge < -0.3 is 15.8 Å². The largest absolute Gasteiger partial charge is 0.462 e. The number of ether oxygens (including phenoxy) is 1. The number of rotatable bonds is 5. The second-order valence-electron chi connectivity index (χ2n) is 3.64. The molecule has 5 nitrogen and oxygen atoms in total. The third kappa shape index (κ3) is 4.25. The quantitative estimate of drug-likeness (QED) is 0.484. The maximum atomic E-state index is 11.7. The van der Waals surface area contributed by atoms with Crippen molar-refractivity contribution in [1.82, 2.24) is 5.32 Å². The molecule has 6 heteroatoms. The molecule has 1 rings (SSSR count). The Bertz CT molecular complexity index is 449. The van der Waals surface area contributed by atoms with Crippen molar-refractivity contribution < 1.29 is 14.3 Å². The summed E-state index contributed by atoms with van der Waals surface area (Å²) in [6, 6.07) is 4.60. The monoisotopic (exact) mass is 270 g/mol. The zero-order chi connectivity index (χ0) is 13.5. The molecule has 3 N–H and O–H groups in total. The number of nitrogens with one attached hydrogen (secondary N) is 1. The van der Waals surface area contributed by atoms with Crippen molar-refractivity contribution >= 4 is 29.2 Å². The maximum absolute atomic E-state index is 11.7. The Morgan fingerprint density at radius 3 is 2.83 bits per heavy atom. The summed E-state index contributed by atoms with van der Waals surface area (Å²) in [6.45, 7) is 0.165. The van der Waals surface area contributed by atoms with Gasteiger partial charge in [-0.05, 0) is 24.6 Å². The number of amides is 1. The topological polar surface area (TPSA) is 81.4 Å². The lowest BCUT2D eigenvalue weighted by atomic mass is 10.2. The minimum atomic E-state index is -0.535. The number of esters is 1. The first-order valence-electron chi connectivity index (χ1n) is 5.47. The lowest BCUT2D eigenvalue weighted by Gasteiger charge is -2.07. The summed E-state index contributed by atoms with van der Waals surface area (Å²) in [5.74, 6) is -0.625. The number of benzene rings is 1. The van der Waals surface area contributed by atoms with Gasteiger partial charge in [-0.2, -0.15) is 0 Å². The smallest absolute Gasteiger partial charge is 0.340 e. The Morgan fingerprint density at radius 2 is 2.17 bits per heavy atom. The summed E-state index contributed by atoms with van der Waals surface area (Å²) >= 11 is 5.77. The van der Waals surface area contributed by atoms with Crippen LogP contribution < -0.4 is 11.1 Å². The molecule has 0 aromatic heterocycles. The summed E-state index contributed by atoms with van der Waals surface area (Å²) in [4.78, 5) is 22.6. The number of halogens is 1. The van der Waals surface area contributed by atoms with Gasteiger partial charge in [-0.25, -0.2) is 4.79 Å². The third-order valence-electron chi connectivity index (χ3n) is 2.30. The van der Waals surface area contributed by atoms with E-state index >= 15 is 0 Å². The second kappa shape index (κ2) is 6.86. The molecule has 1 aromatic carbocycles. The predicted molar refractivity (Wildman–Crippen MR) is 69.4 cm³/mol. The first kappa shape index (κ1) is 14.3. The molecule has 0 fully saturated rings. The van der Waals surface area contributed by atoms with Crippen molar-refractivity contribution in [3.8, 4) is 0 Å². The minimum absolute atomic E-state index is 0.0895. The van der Waals surface area contributed by atoms with Crippen molar-refractivity contribution in [2.75, 3.05) is 19.4 Å². The van der Waals surface area contributed by atoms with Gasteiger partial charge in [0.1, 0.15) is 0 Å². The third-order valence-corrected chi connectivity index (χ3v) is 2.53. The van der Waals surface area contributed by atoms with E-state index < -0.39 is 5.97 Å². The molecule has 0 aliphatic rings. The number of hydrogen-bond acceptors (Lipinski definition) is 4. The van der Waals surface area contributed by atoms with Crippen LogP contribution in [0.2, 0.25) is 5.02 Å². The second-order valence-corrected chi connectivity index (χ2v) is 4.08. The standard InChI is InChI=1S/C12H15ClN2O3/c1-15-11(16)3-2-6-18-12(17)9-7-8(13)4-5-10(9)14/h4-5,7H,2-3,6,14H2,1H3,(H,15,16). The highest BCUT2D eigenvalue weighted by Crippen LogP contribution is 2.18. The van der Waals surface area contributed by atoms with Gasteiger partial charge in [-0.1, -0.05) is 11.6 Å². The van der Waals surface area contributed by atoms with Gasteiger partial charge in [0.25, 0.3) is 0 Å². The van der Waals surface area contributed by atoms with Crippen LogP contribution in [0, 0.1) is 0 Å². The average Bonchev–Trinajstić information content (AvgIpc) is 2.36. The van der Waals surface area contributed by atoms with E-state index in [2.05, 4.69) is 5.32 Å². The molecule has 0 aliphatic carbocycles. The first-order valence-corrected chi connectivity index (χ1v) is 5.85. The fourth-order valence-electron chi connectivity index (χ4n) is 1.31. The maximum Gasteiger partial charge on any atom is 0.340 e. The molecule has 18 heavy (non-hydrogen) atoms. The van der Waals surface area contributed by atoms with Gasteiger partial charge in [-0.3, -0.25) is 4.79 Å². The van der Waals surface area contributed by atoms with E-state index in [0.29, 0.717) is 23.6 Å². The van der Waals surface area contributed by atoms with E-state index in [1.165, 1.54) is 6.07 Å². The van der Waals surface area contributed by atoms with Crippen LogP contribution in [0.5, 0.6) is 0 Å². The van der Waals surface area contributed by atoms with E-state index in [4.69, 9.17) is 22.1 Å². The summed E-state index contributed by atoms with van der Waals surface area (Å²) in [5.41, 5.74) is 6.19. The fraction of sp³-hybridized carbons (Fsp3) is 0.333. The molecular formula is C12H15ClN2O3. The fourth-order valence-corrected chi connectivity index (χ4v) is 1.48. The minimum Gasteiger partial charge on any atom is -0.462 e. The molecule has 0 saturated heterocycles. The Morgan fingerprint density at radius 1 is 1.44 bits per heavy atom. The normalized spacial score (nSPS) is 9.89. The average molecular weight is 271 g/mol. The van der Waals surface area contributed by atoms with E-state index in [-0.39, 0.29) is 18.1 Å². The van der Waals surface area contributed by atoms with Crippen LogP contribution in [0.4, 0.5) is 5.69 Å². The molecule has 1 amide bonds. The number of carbonyl (C=O) groups excluding carboxylic acids is 2. The first-order chi connectivity index (χ1) is 8.54. The molecule has 98 valence electrons. The highest BCUT2D eigenvalue weighted by atomic mass is 35.5. The van der Waals surface area contributed by atoms with Crippen molar-refractivity contribution in [3.63, 3.8) is 0 Å². The zero-order valence-corrected chi connectivity index (χ0v) is 10.8. The zero-order valence-electron chi connectivity index (χ0n) is 10.0. The van der Waals surface area contributed by atoms with E-state index in [1.54, 1.807) is 19.2 Å². The number of nitrogens with two attached hydrogens (primary N) is 1.